The highest BCUT2D eigenvalue weighted by molar-refractivity contribution is 8.04. The highest BCUT2D eigenvalue weighted by Crippen LogP contribution is 2.36. The van der Waals surface area contributed by atoms with Crippen LogP contribution in [0.3, 0.4) is 0 Å². The number of amides is 2. The van der Waals surface area contributed by atoms with E-state index in [4.69, 9.17) is 0 Å². The average molecular weight is 443 g/mol. The lowest BCUT2D eigenvalue weighted by atomic mass is 10.1. The van der Waals surface area contributed by atoms with Gasteiger partial charge in [-0.3, -0.25) is 14.5 Å². The molecule has 0 bridgehead atoms. The van der Waals surface area contributed by atoms with Crippen LogP contribution in [0.4, 0.5) is 5.69 Å². The number of imide groups is 1. The minimum atomic E-state index is -0.272. The molecule has 0 spiro atoms. The van der Waals surface area contributed by atoms with Gasteiger partial charge in [-0.1, -0.05) is 84.9 Å². The second kappa shape index (κ2) is 9.88. The molecule has 0 unspecified atom stereocenters. The van der Waals surface area contributed by atoms with E-state index in [-0.39, 0.29) is 11.8 Å². The molecule has 0 radical (unpaired) electrons. The van der Waals surface area contributed by atoms with E-state index in [9.17, 15) is 9.59 Å². The summed E-state index contributed by atoms with van der Waals surface area (Å²) in [4.78, 5) is 29.5. The third-order valence-corrected chi connectivity index (χ3v) is 6.58. The third kappa shape index (κ3) is 4.78. The molecule has 2 amide bonds. The molecule has 1 aliphatic heterocycles. The van der Waals surface area contributed by atoms with Gasteiger partial charge < -0.3 is 5.32 Å². The Hall–Kier alpha value is -3.31. The summed E-state index contributed by atoms with van der Waals surface area (Å²) < 4.78 is 0. The van der Waals surface area contributed by atoms with Crippen LogP contribution in [0.5, 0.6) is 0 Å². The number of nitrogens with zero attached hydrogens (tertiary/aromatic N) is 1. The van der Waals surface area contributed by atoms with E-state index in [1.165, 1.54) is 16.7 Å². The summed E-state index contributed by atoms with van der Waals surface area (Å²) in [5.74, 6) is -0.514. The number of rotatable bonds is 8. The van der Waals surface area contributed by atoms with Crippen LogP contribution in [0.1, 0.15) is 23.6 Å². The number of hydrogen-bond donors (Lipinski definition) is 1. The van der Waals surface area contributed by atoms with Crippen LogP contribution in [-0.2, 0) is 22.4 Å². The minimum absolute atomic E-state index is 0.243. The van der Waals surface area contributed by atoms with E-state index >= 15 is 0 Å². The number of hydrogen-bond acceptors (Lipinski definition) is 4. The molecule has 0 atom stereocenters. The lowest BCUT2D eigenvalue weighted by molar-refractivity contribution is -0.137. The number of benzene rings is 3. The van der Waals surface area contributed by atoms with Gasteiger partial charge in [-0.05, 0) is 49.1 Å². The van der Waals surface area contributed by atoms with Gasteiger partial charge in [0, 0.05) is 17.1 Å². The van der Waals surface area contributed by atoms with Crippen molar-refractivity contribution in [3.63, 3.8) is 0 Å². The van der Waals surface area contributed by atoms with Gasteiger partial charge in [0.15, 0.2) is 0 Å². The van der Waals surface area contributed by atoms with Gasteiger partial charge in [0.25, 0.3) is 11.8 Å². The van der Waals surface area contributed by atoms with Gasteiger partial charge in [0.1, 0.15) is 10.6 Å². The van der Waals surface area contributed by atoms with Crippen molar-refractivity contribution in [3.8, 4) is 0 Å². The molecule has 1 heterocycles. The highest BCUT2D eigenvalue weighted by Gasteiger charge is 2.39. The zero-order chi connectivity index (χ0) is 22.5. The lowest BCUT2D eigenvalue weighted by Gasteiger charge is -2.16. The first-order valence-electron chi connectivity index (χ1n) is 10.8. The van der Waals surface area contributed by atoms with Crippen LogP contribution >= 0.6 is 11.8 Å². The van der Waals surface area contributed by atoms with Crippen LogP contribution in [0.25, 0.3) is 0 Å². The summed E-state index contributed by atoms with van der Waals surface area (Å²) >= 11 is 1.34. The topological polar surface area (TPSA) is 49.4 Å². The van der Waals surface area contributed by atoms with E-state index in [1.54, 1.807) is 0 Å². The number of carbonyl (C=O) groups is 2. The van der Waals surface area contributed by atoms with Gasteiger partial charge >= 0.3 is 0 Å². The van der Waals surface area contributed by atoms with E-state index in [2.05, 4.69) is 12.2 Å². The molecular weight excluding hydrogens is 416 g/mol. The fourth-order valence-electron chi connectivity index (χ4n) is 3.66. The molecule has 0 fully saturated rings. The number of thioether (sulfide) groups is 1. The van der Waals surface area contributed by atoms with Gasteiger partial charge in [0.2, 0.25) is 0 Å². The van der Waals surface area contributed by atoms with Crippen molar-refractivity contribution in [2.45, 2.75) is 31.6 Å². The molecule has 1 aliphatic rings. The van der Waals surface area contributed by atoms with E-state index in [0.717, 1.165) is 33.7 Å². The van der Waals surface area contributed by atoms with Gasteiger partial charge in [-0.15, -0.1) is 0 Å². The average Bonchev–Trinajstić information content (AvgIpc) is 3.03. The van der Waals surface area contributed by atoms with Crippen molar-refractivity contribution in [2.75, 3.05) is 11.9 Å². The summed E-state index contributed by atoms with van der Waals surface area (Å²) in [5, 5.41) is 3.30. The molecule has 0 saturated heterocycles. The first-order chi connectivity index (χ1) is 15.6. The van der Waals surface area contributed by atoms with Crippen molar-refractivity contribution in [1.29, 1.82) is 0 Å². The Bertz CT molecular complexity index is 1150. The predicted octanol–water partition coefficient (Wildman–Crippen LogP) is 5.58. The molecule has 3 aromatic carbocycles. The molecule has 0 aromatic heterocycles. The van der Waals surface area contributed by atoms with E-state index in [0.29, 0.717) is 23.6 Å². The quantitative estimate of drug-likeness (QED) is 0.463. The van der Waals surface area contributed by atoms with Crippen molar-refractivity contribution >= 4 is 29.3 Å². The van der Waals surface area contributed by atoms with Gasteiger partial charge in [-0.2, -0.15) is 0 Å². The summed E-state index contributed by atoms with van der Waals surface area (Å²) in [5.41, 5.74) is 4.56. The fraction of sp³-hybridized carbons (Fsp3) is 0.185. The molecule has 4 nitrogen and oxygen atoms in total. The first kappa shape index (κ1) is 21.9. The first-order valence-corrected chi connectivity index (χ1v) is 11.6. The number of nitrogens with one attached hydrogen (secondary N) is 1. The highest BCUT2D eigenvalue weighted by atomic mass is 32.2. The van der Waals surface area contributed by atoms with Crippen molar-refractivity contribution in [1.82, 2.24) is 4.90 Å². The zero-order valence-corrected chi connectivity index (χ0v) is 19.1. The Balaban J connectivity index is 1.64. The van der Waals surface area contributed by atoms with Gasteiger partial charge in [0.05, 0.1) is 0 Å². The molecule has 4 rings (SSSR count). The summed E-state index contributed by atoms with van der Waals surface area (Å²) in [7, 11) is 0. The zero-order valence-electron chi connectivity index (χ0n) is 18.3. The summed E-state index contributed by atoms with van der Waals surface area (Å²) in [6, 6.07) is 25.8. The second-order valence-electron chi connectivity index (χ2n) is 7.75. The normalized spacial score (nSPS) is 13.8. The monoisotopic (exact) mass is 442 g/mol. The Labute approximate surface area is 193 Å². The third-order valence-electron chi connectivity index (χ3n) is 5.49. The number of aryl methyl sites for hydroxylation is 2. The second-order valence-corrected chi connectivity index (χ2v) is 8.84. The van der Waals surface area contributed by atoms with E-state index < -0.39 is 0 Å². The minimum Gasteiger partial charge on any atom is -0.350 e. The Kier molecular flexibility index (Phi) is 6.76. The van der Waals surface area contributed by atoms with Crippen LogP contribution < -0.4 is 5.32 Å². The largest absolute Gasteiger partial charge is 0.350 e. The standard InChI is InChI=1S/C27H26N2O2S/c1-3-21-11-7-8-12-23(21)28-24-25(32-22-15-13-19(2)14-16-22)27(31)29(26(24)30)18-17-20-9-5-4-6-10-20/h4-16,28H,3,17-18H2,1-2H3. The fourth-order valence-corrected chi connectivity index (χ4v) is 4.60. The lowest BCUT2D eigenvalue weighted by Crippen LogP contribution is -2.34. The summed E-state index contributed by atoms with van der Waals surface area (Å²) in [6.45, 7) is 4.45. The van der Waals surface area contributed by atoms with Gasteiger partial charge in [-0.25, -0.2) is 0 Å². The Morgan fingerprint density at radius 3 is 2.25 bits per heavy atom. The summed E-state index contributed by atoms with van der Waals surface area (Å²) in [6.07, 6.45) is 1.45. The number of anilines is 1. The van der Waals surface area contributed by atoms with Crippen molar-refractivity contribution in [3.05, 3.63) is 106 Å². The molecule has 0 saturated carbocycles. The molecule has 5 heteroatoms. The van der Waals surface area contributed by atoms with Crippen LogP contribution in [0.2, 0.25) is 0 Å². The molecule has 1 N–H and O–H groups in total. The van der Waals surface area contributed by atoms with Crippen LogP contribution in [0, 0.1) is 6.92 Å². The molecule has 32 heavy (non-hydrogen) atoms. The molecule has 3 aromatic rings. The maximum Gasteiger partial charge on any atom is 0.278 e. The van der Waals surface area contributed by atoms with Crippen LogP contribution in [0.15, 0.2) is 94.4 Å². The molecule has 0 aliphatic carbocycles. The maximum atomic E-state index is 13.4. The smallest absolute Gasteiger partial charge is 0.278 e. The van der Waals surface area contributed by atoms with E-state index in [1.807, 2.05) is 85.8 Å². The maximum absolute atomic E-state index is 13.4. The van der Waals surface area contributed by atoms with Crippen molar-refractivity contribution in [2.24, 2.45) is 0 Å². The SMILES string of the molecule is CCc1ccccc1NC1=C(Sc2ccc(C)cc2)C(=O)N(CCc2ccccc2)C1=O. The predicted molar refractivity (Wildman–Crippen MR) is 130 cm³/mol. The van der Waals surface area contributed by atoms with Crippen molar-refractivity contribution < 1.29 is 9.59 Å². The number of para-hydroxylation sites is 1. The van der Waals surface area contributed by atoms with Crippen LogP contribution in [-0.4, -0.2) is 23.3 Å². The molecule has 162 valence electrons. The molecular formula is C27H26N2O2S. The number of carbonyl (C=O) groups excluding carboxylic acids is 2. The Morgan fingerprint density at radius 2 is 1.53 bits per heavy atom. The Morgan fingerprint density at radius 1 is 0.844 bits per heavy atom.